The number of benzene rings is 2. The number of rotatable bonds is 1. The number of carbonyl (C=O) groups excluding carboxylic acids is 1. The number of ether oxygens (including phenoxy) is 1. The molecule has 1 fully saturated rings. The zero-order chi connectivity index (χ0) is 14.7. The largest absolute Gasteiger partial charge is 0.415 e. The van der Waals surface area contributed by atoms with E-state index in [9.17, 15) is 4.79 Å². The van der Waals surface area contributed by atoms with Crippen LogP contribution in [0.15, 0.2) is 36.4 Å². The molecule has 3 rings (SSSR count). The third-order valence-corrected chi connectivity index (χ3v) is 3.76. The fourth-order valence-corrected chi connectivity index (χ4v) is 2.60. The number of piperidine rings is 1. The highest BCUT2D eigenvalue weighted by Crippen LogP contribution is 2.23. The average Bonchev–Trinajstić information content (AvgIpc) is 2.55. The Bertz CT molecular complexity index is 712. The molecular weight excluding hydrogens is 264 g/mol. The topological polar surface area (TPSA) is 53.3 Å². The summed E-state index contributed by atoms with van der Waals surface area (Å²) in [4.78, 5) is 13.8. The van der Waals surface area contributed by atoms with Gasteiger partial charge in [-0.3, -0.25) is 0 Å². The van der Waals surface area contributed by atoms with Crippen molar-refractivity contribution in [3.63, 3.8) is 0 Å². The van der Waals surface area contributed by atoms with Gasteiger partial charge in [-0.15, -0.1) is 0 Å². The van der Waals surface area contributed by atoms with Gasteiger partial charge < -0.3 is 9.64 Å². The molecule has 1 aliphatic heterocycles. The Balaban J connectivity index is 1.78. The summed E-state index contributed by atoms with van der Waals surface area (Å²) >= 11 is 0. The van der Waals surface area contributed by atoms with Gasteiger partial charge in [0.15, 0.2) is 0 Å². The second-order valence-corrected chi connectivity index (χ2v) is 5.25. The van der Waals surface area contributed by atoms with Gasteiger partial charge in [-0.25, -0.2) is 4.79 Å². The Hall–Kier alpha value is -2.54. The summed E-state index contributed by atoms with van der Waals surface area (Å²) in [5.74, 6) is 0.544. The monoisotopic (exact) mass is 280 g/mol. The minimum atomic E-state index is -0.275. The van der Waals surface area contributed by atoms with E-state index in [1.807, 2.05) is 24.3 Å². The van der Waals surface area contributed by atoms with E-state index in [1.54, 1.807) is 17.0 Å². The molecule has 106 valence electrons. The fourth-order valence-electron chi connectivity index (χ4n) is 2.60. The first-order chi connectivity index (χ1) is 10.3. The SMILES string of the molecule is N#Cc1ccc2cc(OC(=O)N3CCCCC3)ccc2c1. The van der Waals surface area contributed by atoms with Crippen LogP contribution in [-0.4, -0.2) is 24.1 Å². The van der Waals surface area contributed by atoms with E-state index < -0.39 is 0 Å². The van der Waals surface area contributed by atoms with Gasteiger partial charge in [-0.2, -0.15) is 5.26 Å². The van der Waals surface area contributed by atoms with Gasteiger partial charge in [0.25, 0.3) is 0 Å². The molecule has 0 radical (unpaired) electrons. The summed E-state index contributed by atoms with van der Waals surface area (Å²) in [5.41, 5.74) is 0.626. The Morgan fingerprint density at radius 2 is 1.76 bits per heavy atom. The molecule has 0 aromatic heterocycles. The molecule has 4 heteroatoms. The molecule has 0 bridgehead atoms. The van der Waals surface area contributed by atoms with E-state index in [0.717, 1.165) is 36.7 Å². The summed E-state index contributed by atoms with van der Waals surface area (Å²) in [6.07, 6.45) is 3.00. The Kier molecular flexibility index (Phi) is 3.74. The number of nitrogens with zero attached hydrogens (tertiary/aromatic N) is 2. The molecule has 4 nitrogen and oxygen atoms in total. The third-order valence-electron chi connectivity index (χ3n) is 3.76. The lowest BCUT2D eigenvalue weighted by atomic mass is 10.1. The minimum Gasteiger partial charge on any atom is -0.410 e. The van der Waals surface area contributed by atoms with Crippen LogP contribution in [-0.2, 0) is 0 Å². The lowest BCUT2D eigenvalue weighted by Crippen LogP contribution is -2.37. The maximum Gasteiger partial charge on any atom is 0.415 e. The van der Waals surface area contributed by atoms with E-state index in [2.05, 4.69) is 6.07 Å². The Labute approximate surface area is 123 Å². The van der Waals surface area contributed by atoms with Crippen molar-refractivity contribution in [3.8, 4) is 11.8 Å². The summed E-state index contributed by atoms with van der Waals surface area (Å²) in [6.45, 7) is 1.55. The molecule has 0 aliphatic carbocycles. The molecule has 1 amide bonds. The lowest BCUT2D eigenvalue weighted by molar-refractivity contribution is 0.142. The number of carbonyl (C=O) groups is 1. The zero-order valence-corrected chi connectivity index (χ0v) is 11.7. The van der Waals surface area contributed by atoms with Crippen molar-refractivity contribution in [2.45, 2.75) is 19.3 Å². The molecular formula is C17H16N2O2. The summed E-state index contributed by atoms with van der Waals surface area (Å²) in [5, 5.41) is 10.8. The molecule has 0 saturated carbocycles. The van der Waals surface area contributed by atoms with Crippen LogP contribution in [0.3, 0.4) is 0 Å². The second-order valence-electron chi connectivity index (χ2n) is 5.25. The van der Waals surface area contributed by atoms with Crippen molar-refractivity contribution in [2.75, 3.05) is 13.1 Å². The second kappa shape index (κ2) is 5.84. The van der Waals surface area contributed by atoms with E-state index in [-0.39, 0.29) is 6.09 Å². The van der Waals surface area contributed by atoms with Gasteiger partial charge in [-0.05, 0) is 54.3 Å². The van der Waals surface area contributed by atoms with Crippen molar-refractivity contribution in [3.05, 3.63) is 42.0 Å². The first-order valence-electron chi connectivity index (χ1n) is 7.17. The van der Waals surface area contributed by atoms with E-state index >= 15 is 0 Å². The number of fused-ring (bicyclic) bond motifs is 1. The molecule has 0 unspecified atom stereocenters. The summed E-state index contributed by atoms with van der Waals surface area (Å²) in [6, 6.07) is 13.0. The van der Waals surface area contributed by atoms with E-state index in [0.29, 0.717) is 11.3 Å². The van der Waals surface area contributed by atoms with Crippen LogP contribution in [0.4, 0.5) is 4.79 Å². The zero-order valence-electron chi connectivity index (χ0n) is 11.7. The lowest BCUT2D eigenvalue weighted by Gasteiger charge is -2.25. The van der Waals surface area contributed by atoms with Crippen molar-refractivity contribution in [1.29, 1.82) is 5.26 Å². The smallest absolute Gasteiger partial charge is 0.410 e. The van der Waals surface area contributed by atoms with Gasteiger partial charge >= 0.3 is 6.09 Å². The molecule has 0 N–H and O–H groups in total. The number of nitriles is 1. The fraction of sp³-hybridized carbons (Fsp3) is 0.294. The quantitative estimate of drug-likeness (QED) is 0.800. The Morgan fingerprint density at radius 3 is 2.52 bits per heavy atom. The molecule has 2 aromatic rings. The Morgan fingerprint density at radius 1 is 1.05 bits per heavy atom. The van der Waals surface area contributed by atoms with E-state index in [4.69, 9.17) is 10.00 Å². The highest BCUT2D eigenvalue weighted by Gasteiger charge is 2.18. The van der Waals surface area contributed by atoms with Gasteiger partial charge in [0.2, 0.25) is 0 Å². The van der Waals surface area contributed by atoms with Crippen LogP contribution in [0.1, 0.15) is 24.8 Å². The van der Waals surface area contributed by atoms with Crippen LogP contribution in [0.25, 0.3) is 10.8 Å². The highest BCUT2D eigenvalue weighted by atomic mass is 16.6. The van der Waals surface area contributed by atoms with Crippen molar-refractivity contribution >= 4 is 16.9 Å². The number of hydrogen-bond donors (Lipinski definition) is 0. The molecule has 0 spiro atoms. The van der Waals surface area contributed by atoms with Crippen molar-refractivity contribution in [2.24, 2.45) is 0 Å². The van der Waals surface area contributed by atoms with Gasteiger partial charge in [-0.1, -0.05) is 12.1 Å². The molecule has 21 heavy (non-hydrogen) atoms. The predicted octanol–water partition coefficient (Wildman–Crippen LogP) is 3.70. The number of hydrogen-bond acceptors (Lipinski definition) is 3. The van der Waals surface area contributed by atoms with Crippen LogP contribution < -0.4 is 4.74 Å². The van der Waals surface area contributed by atoms with Crippen LogP contribution in [0, 0.1) is 11.3 Å². The molecule has 1 heterocycles. The van der Waals surface area contributed by atoms with Crippen LogP contribution in [0.2, 0.25) is 0 Å². The molecule has 1 aliphatic rings. The minimum absolute atomic E-state index is 0.275. The average molecular weight is 280 g/mol. The summed E-state index contributed by atoms with van der Waals surface area (Å²) < 4.78 is 5.44. The third kappa shape index (κ3) is 2.97. The van der Waals surface area contributed by atoms with Gasteiger partial charge in [0, 0.05) is 13.1 Å². The van der Waals surface area contributed by atoms with Gasteiger partial charge in [0.1, 0.15) is 5.75 Å². The van der Waals surface area contributed by atoms with Gasteiger partial charge in [0.05, 0.1) is 11.6 Å². The molecule has 1 saturated heterocycles. The maximum atomic E-state index is 12.1. The van der Waals surface area contributed by atoms with Crippen LogP contribution in [0.5, 0.6) is 5.75 Å². The van der Waals surface area contributed by atoms with E-state index in [1.165, 1.54) is 6.42 Å². The number of amides is 1. The number of likely N-dealkylation sites (tertiary alicyclic amines) is 1. The summed E-state index contributed by atoms with van der Waals surface area (Å²) in [7, 11) is 0. The highest BCUT2D eigenvalue weighted by molar-refractivity contribution is 5.85. The van der Waals surface area contributed by atoms with Crippen LogP contribution >= 0.6 is 0 Å². The van der Waals surface area contributed by atoms with Crippen molar-refractivity contribution in [1.82, 2.24) is 4.90 Å². The maximum absolute atomic E-state index is 12.1. The predicted molar refractivity (Wildman–Crippen MR) is 80.1 cm³/mol. The standard InChI is InChI=1S/C17H16N2O2/c18-12-13-4-5-15-11-16(7-6-14(15)10-13)21-17(20)19-8-2-1-3-9-19/h4-7,10-11H,1-3,8-9H2. The first-order valence-corrected chi connectivity index (χ1v) is 7.17. The molecule has 0 atom stereocenters. The molecule has 2 aromatic carbocycles. The first kappa shape index (κ1) is 13.4. The van der Waals surface area contributed by atoms with Crippen molar-refractivity contribution < 1.29 is 9.53 Å². The normalized spacial score (nSPS) is 14.7.